The van der Waals surface area contributed by atoms with E-state index in [1.54, 1.807) is 0 Å². The molecule has 2 nitrogen and oxygen atoms in total. The van der Waals surface area contributed by atoms with Gasteiger partial charge in [0, 0.05) is 5.56 Å². The van der Waals surface area contributed by atoms with Gasteiger partial charge in [0.15, 0.2) is 5.78 Å². The number of benzene rings is 1. The van der Waals surface area contributed by atoms with E-state index in [1.165, 1.54) is 0 Å². The summed E-state index contributed by atoms with van der Waals surface area (Å²) in [4.78, 5) is 11.1. The van der Waals surface area contributed by atoms with Gasteiger partial charge in [-0.3, -0.25) is 4.79 Å². The Morgan fingerprint density at radius 3 is 2.06 bits per heavy atom. The molecule has 0 saturated heterocycles. The van der Waals surface area contributed by atoms with Crippen LogP contribution in [0.5, 0.6) is 0 Å². The largest absolute Gasteiger partial charge is 1.00 e. The van der Waals surface area contributed by atoms with E-state index >= 15 is 0 Å². The molecule has 0 radical (unpaired) electrons. The van der Waals surface area contributed by atoms with Crippen LogP contribution < -0.4 is 34.7 Å². The predicted molar refractivity (Wildman–Crippen MR) is 44.9 cm³/mol. The molecule has 17 heavy (non-hydrogen) atoms. The number of alkyl halides is 3. The maximum atomic E-state index is 12.4. The maximum absolute atomic E-state index is 12.4. The molecule has 0 aliphatic carbocycles. The summed E-state index contributed by atoms with van der Waals surface area (Å²) in [6, 6.07) is 3.83. The number of hydrogen-bond acceptors (Lipinski definition) is 2. The van der Waals surface area contributed by atoms with Gasteiger partial charge in [-0.25, -0.2) is 4.39 Å². The Balaban J connectivity index is 0.00000256. The molecule has 0 amide bonds. The molecule has 1 aromatic carbocycles. The Hall–Kier alpha value is -0.850. The molecule has 0 bridgehead atoms. The van der Waals surface area contributed by atoms with Crippen molar-refractivity contribution in [1.82, 2.24) is 0 Å². The minimum atomic E-state index is -5.07. The van der Waals surface area contributed by atoms with Crippen molar-refractivity contribution in [2.75, 3.05) is 0 Å². The molecule has 0 aliphatic rings. The van der Waals surface area contributed by atoms with E-state index in [4.69, 9.17) is 0 Å². The molecule has 1 rings (SSSR count). The van der Waals surface area contributed by atoms with E-state index in [9.17, 15) is 27.5 Å². The number of allylic oxidation sites excluding steroid dienone is 2. The van der Waals surface area contributed by atoms with Crippen molar-refractivity contribution in [3.05, 3.63) is 47.5 Å². The summed E-state index contributed by atoms with van der Waals surface area (Å²) >= 11 is 0. The number of carbonyl (C=O) groups excluding carboxylic acids is 1. The van der Waals surface area contributed by atoms with Crippen molar-refractivity contribution in [2.45, 2.75) is 6.18 Å². The molecular formula is C10H5F4NaO2. The van der Waals surface area contributed by atoms with Gasteiger partial charge in [-0.15, -0.1) is 0 Å². The second-order valence-corrected chi connectivity index (χ2v) is 2.88. The zero-order valence-corrected chi connectivity index (χ0v) is 10.7. The van der Waals surface area contributed by atoms with Crippen molar-refractivity contribution in [1.29, 1.82) is 0 Å². The maximum Gasteiger partial charge on any atom is 1.00 e. The van der Waals surface area contributed by atoms with Crippen molar-refractivity contribution >= 4 is 5.78 Å². The summed E-state index contributed by atoms with van der Waals surface area (Å²) in [7, 11) is 0. The molecule has 1 aromatic rings. The average Bonchev–Trinajstić information content (AvgIpc) is 2.17. The van der Waals surface area contributed by atoms with Crippen LogP contribution >= 0.6 is 0 Å². The third kappa shape index (κ3) is 4.89. The monoisotopic (exact) mass is 256 g/mol. The first-order chi connectivity index (χ1) is 7.30. The van der Waals surface area contributed by atoms with Gasteiger partial charge >= 0.3 is 35.7 Å². The van der Waals surface area contributed by atoms with Crippen LogP contribution in [0, 0.1) is 5.82 Å². The molecule has 0 unspecified atom stereocenters. The first kappa shape index (κ1) is 16.1. The van der Waals surface area contributed by atoms with E-state index in [-0.39, 0.29) is 41.2 Å². The molecule has 86 valence electrons. The van der Waals surface area contributed by atoms with Crippen molar-refractivity contribution in [2.24, 2.45) is 0 Å². The molecule has 0 saturated carbocycles. The van der Waals surface area contributed by atoms with E-state index < -0.39 is 23.5 Å². The van der Waals surface area contributed by atoms with E-state index in [0.717, 1.165) is 24.3 Å². The quantitative estimate of drug-likeness (QED) is 0.220. The topological polar surface area (TPSA) is 40.1 Å². The van der Waals surface area contributed by atoms with E-state index in [2.05, 4.69) is 0 Å². The van der Waals surface area contributed by atoms with Crippen molar-refractivity contribution < 1.29 is 57.0 Å². The van der Waals surface area contributed by atoms with Gasteiger partial charge in [0.1, 0.15) is 5.82 Å². The molecule has 0 fully saturated rings. The molecule has 0 aliphatic heterocycles. The third-order valence-corrected chi connectivity index (χ3v) is 1.67. The van der Waals surface area contributed by atoms with Crippen LogP contribution in [0.3, 0.4) is 0 Å². The average molecular weight is 256 g/mol. The number of rotatable bonds is 2. The van der Waals surface area contributed by atoms with Gasteiger partial charge in [0.05, 0.1) is 0 Å². The first-order valence-electron chi connectivity index (χ1n) is 4.06. The summed E-state index contributed by atoms with van der Waals surface area (Å²) in [5.41, 5.74) is -0.181. The van der Waals surface area contributed by atoms with Crippen LogP contribution in [0.4, 0.5) is 17.6 Å². The molecule has 0 N–H and O–H groups in total. The van der Waals surface area contributed by atoms with Gasteiger partial charge in [-0.2, -0.15) is 13.2 Å². The Bertz CT molecular complexity index is 423. The number of carbonyl (C=O) groups is 1. The summed E-state index contributed by atoms with van der Waals surface area (Å²) < 4.78 is 47.8. The molecule has 0 atom stereocenters. The van der Waals surface area contributed by atoms with Gasteiger partial charge in [-0.05, 0) is 36.1 Å². The van der Waals surface area contributed by atoms with Crippen LogP contribution in [-0.4, -0.2) is 12.0 Å². The minimum absolute atomic E-state index is 0. The summed E-state index contributed by atoms with van der Waals surface area (Å²) in [6.07, 6.45) is -5.14. The van der Waals surface area contributed by atoms with Crippen LogP contribution in [-0.2, 0) is 0 Å². The van der Waals surface area contributed by atoms with Gasteiger partial charge in [-0.1, -0.05) is 0 Å². The standard InChI is InChI=1S/C10H6F4O2.Na/c11-7-3-1-6(2-4-7)8(15)5-9(16)10(12,13)14;/h1-5,16H;/q;+1/p-1. The molecule has 0 spiro atoms. The van der Waals surface area contributed by atoms with Crippen molar-refractivity contribution in [3.63, 3.8) is 0 Å². The second kappa shape index (κ2) is 6.18. The molecule has 0 aromatic heterocycles. The Morgan fingerprint density at radius 1 is 1.18 bits per heavy atom. The Kier molecular flexibility index (Phi) is 5.87. The number of hydrogen-bond donors (Lipinski definition) is 0. The van der Waals surface area contributed by atoms with E-state index in [1.807, 2.05) is 0 Å². The van der Waals surface area contributed by atoms with Gasteiger partial charge < -0.3 is 5.11 Å². The fourth-order valence-corrected chi connectivity index (χ4v) is 0.898. The summed E-state index contributed by atoms with van der Waals surface area (Å²) in [5, 5.41) is 10.4. The molecule has 7 heteroatoms. The van der Waals surface area contributed by atoms with Gasteiger partial charge in [0.25, 0.3) is 0 Å². The van der Waals surface area contributed by atoms with Crippen LogP contribution in [0.25, 0.3) is 0 Å². The number of ketones is 1. The zero-order chi connectivity index (χ0) is 12.3. The Morgan fingerprint density at radius 2 is 1.65 bits per heavy atom. The Labute approximate surface area is 116 Å². The van der Waals surface area contributed by atoms with E-state index in [0.29, 0.717) is 0 Å². The molecule has 0 heterocycles. The summed E-state index contributed by atoms with van der Waals surface area (Å²) in [5.74, 6) is -3.97. The number of halogens is 4. The SMILES string of the molecule is O=C(C=C([O-])C(F)(F)F)c1ccc(F)cc1.[Na+]. The van der Waals surface area contributed by atoms with Crippen molar-refractivity contribution in [3.8, 4) is 0 Å². The fraction of sp³-hybridized carbons (Fsp3) is 0.100. The molecular weight excluding hydrogens is 251 g/mol. The van der Waals surface area contributed by atoms with Gasteiger partial charge in [0.2, 0.25) is 0 Å². The summed E-state index contributed by atoms with van der Waals surface area (Å²) in [6.45, 7) is 0. The first-order valence-corrected chi connectivity index (χ1v) is 4.06. The minimum Gasteiger partial charge on any atom is -0.869 e. The zero-order valence-electron chi connectivity index (χ0n) is 8.72. The van der Waals surface area contributed by atoms with Crippen LogP contribution in [0.15, 0.2) is 36.1 Å². The van der Waals surface area contributed by atoms with Crippen LogP contribution in [0.2, 0.25) is 0 Å². The predicted octanol–water partition coefficient (Wildman–Crippen LogP) is -1.18. The second-order valence-electron chi connectivity index (χ2n) is 2.88. The smallest absolute Gasteiger partial charge is 0.869 e. The third-order valence-electron chi connectivity index (χ3n) is 1.67. The normalized spacial score (nSPS) is 11.9. The fourth-order valence-electron chi connectivity index (χ4n) is 0.898. The van der Waals surface area contributed by atoms with Crippen LogP contribution in [0.1, 0.15) is 10.4 Å².